The van der Waals surface area contributed by atoms with E-state index in [9.17, 15) is 0 Å². The zero-order valence-corrected chi connectivity index (χ0v) is 24.8. The number of benzene rings is 5. The number of hydrogen-bond acceptors (Lipinski definition) is 2. The maximum atomic E-state index is 5.00. The van der Waals surface area contributed by atoms with Crippen LogP contribution in [-0.4, -0.2) is 9.55 Å². The summed E-state index contributed by atoms with van der Waals surface area (Å²) in [4.78, 5) is 5.00. The Kier molecular flexibility index (Phi) is 5.29. The Balaban J connectivity index is 1.29. The van der Waals surface area contributed by atoms with Crippen LogP contribution in [0, 0.1) is 12.8 Å². The highest BCUT2D eigenvalue weighted by Gasteiger charge is 2.16. The Morgan fingerprint density at radius 2 is 1.35 bits per heavy atom. The molecule has 8 aromatic rings. The zero-order valence-electron chi connectivity index (χ0n) is 24.0. The average molecular weight is 569 g/mol. The van der Waals surface area contributed by atoms with E-state index in [1.807, 2.05) is 17.5 Å². The first-order chi connectivity index (χ1) is 21.1. The number of para-hydroxylation sites is 1. The summed E-state index contributed by atoms with van der Waals surface area (Å²) in [5, 5.41) is 11.6. The first-order valence-corrected chi connectivity index (χ1v) is 15.7. The normalized spacial score (nSPS) is 15.0. The van der Waals surface area contributed by atoms with E-state index < -0.39 is 0 Å². The van der Waals surface area contributed by atoms with E-state index in [0.29, 0.717) is 5.92 Å². The van der Waals surface area contributed by atoms with E-state index in [1.54, 1.807) is 0 Å². The van der Waals surface area contributed by atoms with E-state index in [1.165, 1.54) is 74.4 Å². The Morgan fingerprint density at radius 3 is 2.12 bits per heavy atom. The largest absolute Gasteiger partial charge is 0.314 e. The summed E-state index contributed by atoms with van der Waals surface area (Å²) < 4.78 is 4.96. The smallest absolute Gasteiger partial charge is 0.0880 e. The Bertz CT molecular complexity index is 2560. The number of aromatic nitrogens is 2. The Labute approximate surface area is 253 Å². The minimum absolute atomic E-state index is 0.304. The molecule has 0 radical (unpaired) electrons. The molecule has 5 aromatic carbocycles. The third kappa shape index (κ3) is 3.68. The maximum Gasteiger partial charge on any atom is 0.0880 e. The van der Waals surface area contributed by atoms with Gasteiger partial charge in [-0.3, -0.25) is 4.98 Å². The molecular weight excluding hydrogens is 541 g/mol. The molecule has 3 heteroatoms. The second-order valence-corrected chi connectivity index (χ2v) is 12.8. The lowest BCUT2D eigenvalue weighted by Crippen LogP contribution is -2.18. The fourth-order valence-electron chi connectivity index (χ4n) is 7.12. The minimum atomic E-state index is 0.304. The van der Waals surface area contributed by atoms with Crippen LogP contribution in [0.1, 0.15) is 12.6 Å². The van der Waals surface area contributed by atoms with Crippen molar-refractivity contribution in [3.05, 3.63) is 131 Å². The summed E-state index contributed by atoms with van der Waals surface area (Å²) in [7, 11) is 0. The average Bonchev–Trinajstić information content (AvgIpc) is 3.50. The van der Waals surface area contributed by atoms with Gasteiger partial charge in [-0.05, 0) is 75.5 Å². The standard InChI is InChI=1S/C40H28N2S/c1-24-19-28(42-25(2)21-26-9-3-8-14-37(26)42)23-36-34-17-18-41-39(40(34)43-38(36)20-24)27-15-16-33-31-12-5-4-10-29(31)30-11-6-7-13-32(30)35(33)22-27/h3-24H,1-2H3/t24-/m1/s1. The fraction of sp³-hybridized carbons (Fsp3) is 0.0750. The van der Waals surface area contributed by atoms with Gasteiger partial charge in [-0.25, -0.2) is 0 Å². The fourth-order valence-corrected chi connectivity index (χ4v) is 8.46. The lowest BCUT2D eigenvalue weighted by atomic mass is 9.93. The van der Waals surface area contributed by atoms with Crippen LogP contribution in [0.25, 0.3) is 82.4 Å². The maximum absolute atomic E-state index is 5.00. The number of fused-ring (bicyclic) bond motifs is 10. The van der Waals surface area contributed by atoms with Gasteiger partial charge in [-0.2, -0.15) is 0 Å². The van der Waals surface area contributed by atoms with Crippen LogP contribution in [0.2, 0.25) is 0 Å². The topological polar surface area (TPSA) is 17.8 Å². The van der Waals surface area contributed by atoms with E-state index in [0.717, 1.165) is 11.3 Å². The molecule has 0 aliphatic heterocycles. The van der Waals surface area contributed by atoms with Crippen molar-refractivity contribution in [2.24, 2.45) is 5.92 Å². The molecule has 9 rings (SSSR count). The highest BCUT2D eigenvalue weighted by Crippen LogP contribution is 2.38. The number of allylic oxidation sites excluding steroid dienone is 2. The van der Waals surface area contributed by atoms with Gasteiger partial charge in [0.1, 0.15) is 0 Å². The van der Waals surface area contributed by atoms with Gasteiger partial charge in [0.25, 0.3) is 0 Å². The molecular formula is C40H28N2S. The molecule has 0 unspecified atom stereocenters. The van der Waals surface area contributed by atoms with Crippen LogP contribution >= 0.6 is 11.3 Å². The third-order valence-electron chi connectivity index (χ3n) is 8.98. The number of nitrogens with zero attached hydrogens (tertiary/aromatic N) is 2. The summed E-state index contributed by atoms with van der Waals surface area (Å²) in [5.74, 6) is 0.304. The molecule has 0 N–H and O–H groups in total. The molecule has 43 heavy (non-hydrogen) atoms. The molecule has 0 spiro atoms. The molecule has 204 valence electrons. The SMILES string of the molecule is Cc1cc2ccccc2n1C1=C[C@@H](C)C=c2sc3c(-c4ccc5c6ccccc6c6ccccc6c5c4)nccc3c2=C1. The van der Waals surface area contributed by atoms with Crippen molar-refractivity contribution in [2.75, 3.05) is 0 Å². The van der Waals surface area contributed by atoms with Crippen LogP contribution < -0.4 is 9.75 Å². The van der Waals surface area contributed by atoms with Gasteiger partial charge in [0.2, 0.25) is 0 Å². The number of pyridine rings is 1. The van der Waals surface area contributed by atoms with Crippen LogP contribution in [0.5, 0.6) is 0 Å². The molecule has 1 aliphatic rings. The van der Waals surface area contributed by atoms with Crippen molar-refractivity contribution >= 4 is 82.5 Å². The Hall–Kier alpha value is -4.99. The molecule has 1 aliphatic carbocycles. The van der Waals surface area contributed by atoms with Crippen molar-refractivity contribution in [3.8, 4) is 11.3 Å². The van der Waals surface area contributed by atoms with Gasteiger partial charge in [-0.15, -0.1) is 11.3 Å². The van der Waals surface area contributed by atoms with E-state index in [4.69, 9.17) is 4.98 Å². The van der Waals surface area contributed by atoms with Crippen molar-refractivity contribution in [1.82, 2.24) is 9.55 Å². The lowest BCUT2D eigenvalue weighted by Gasteiger charge is -2.12. The summed E-state index contributed by atoms with van der Waals surface area (Å²) >= 11 is 1.87. The van der Waals surface area contributed by atoms with Gasteiger partial charge in [-0.1, -0.05) is 97.9 Å². The summed E-state index contributed by atoms with van der Waals surface area (Å²) in [6.45, 7) is 4.49. The first kappa shape index (κ1) is 24.6. The zero-order chi connectivity index (χ0) is 28.7. The summed E-state index contributed by atoms with van der Waals surface area (Å²) in [5.41, 5.74) is 5.93. The predicted molar refractivity (Wildman–Crippen MR) is 186 cm³/mol. The third-order valence-corrected chi connectivity index (χ3v) is 10.2. The minimum Gasteiger partial charge on any atom is -0.314 e. The Morgan fingerprint density at radius 1 is 0.674 bits per heavy atom. The van der Waals surface area contributed by atoms with Crippen molar-refractivity contribution in [3.63, 3.8) is 0 Å². The van der Waals surface area contributed by atoms with Crippen molar-refractivity contribution < 1.29 is 0 Å². The molecule has 1 atom stereocenters. The quantitative estimate of drug-likeness (QED) is 0.190. The van der Waals surface area contributed by atoms with Crippen LogP contribution in [0.3, 0.4) is 0 Å². The van der Waals surface area contributed by atoms with E-state index in [2.05, 4.69) is 140 Å². The highest BCUT2D eigenvalue weighted by atomic mass is 32.1. The van der Waals surface area contributed by atoms with Crippen molar-refractivity contribution in [1.29, 1.82) is 0 Å². The number of rotatable bonds is 2. The van der Waals surface area contributed by atoms with Gasteiger partial charge in [0.15, 0.2) is 0 Å². The van der Waals surface area contributed by atoms with Crippen molar-refractivity contribution in [2.45, 2.75) is 13.8 Å². The number of thiophene rings is 1. The first-order valence-electron chi connectivity index (χ1n) is 14.9. The number of aryl methyl sites for hydroxylation is 1. The monoisotopic (exact) mass is 568 g/mol. The van der Waals surface area contributed by atoms with Crippen LogP contribution in [0.15, 0.2) is 115 Å². The van der Waals surface area contributed by atoms with E-state index in [-0.39, 0.29) is 0 Å². The molecule has 0 saturated heterocycles. The molecule has 0 fully saturated rings. The van der Waals surface area contributed by atoms with Gasteiger partial charge >= 0.3 is 0 Å². The second kappa shape index (κ2) is 9.26. The van der Waals surface area contributed by atoms with Gasteiger partial charge in [0.05, 0.1) is 15.9 Å². The van der Waals surface area contributed by atoms with Gasteiger partial charge in [0, 0.05) is 43.7 Å². The molecule has 3 heterocycles. The molecule has 2 nitrogen and oxygen atoms in total. The predicted octanol–water partition coefficient (Wildman–Crippen LogP) is 9.44. The van der Waals surface area contributed by atoms with Gasteiger partial charge < -0.3 is 4.57 Å². The second-order valence-electron chi connectivity index (χ2n) is 11.7. The molecule has 0 saturated carbocycles. The van der Waals surface area contributed by atoms with Crippen LogP contribution in [-0.2, 0) is 0 Å². The number of hydrogen-bond donors (Lipinski definition) is 0. The lowest BCUT2D eigenvalue weighted by molar-refractivity contribution is 0.983. The molecule has 0 amide bonds. The molecule has 0 bridgehead atoms. The van der Waals surface area contributed by atoms with Crippen LogP contribution in [0.4, 0.5) is 0 Å². The molecule has 3 aromatic heterocycles. The highest BCUT2D eigenvalue weighted by molar-refractivity contribution is 7.17. The van der Waals surface area contributed by atoms with E-state index >= 15 is 0 Å². The summed E-state index contributed by atoms with van der Waals surface area (Å²) in [6.07, 6.45) is 9.17. The summed E-state index contributed by atoms with van der Waals surface area (Å²) in [6, 6.07) is 37.6.